The van der Waals surface area contributed by atoms with Crippen molar-refractivity contribution in [3.05, 3.63) is 58.9 Å². The Hall–Kier alpha value is -1.62. The fraction of sp³-hybridized carbons (Fsp3) is 0.312. The third kappa shape index (κ3) is 5.01. The van der Waals surface area contributed by atoms with E-state index in [1.54, 1.807) is 19.5 Å². The van der Waals surface area contributed by atoms with Crippen molar-refractivity contribution in [3.8, 4) is 5.75 Å². The number of hydrogen-bond donors (Lipinski definition) is 1. The van der Waals surface area contributed by atoms with Gasteiger partial charge in [-0.2, -0.15) is 0 Å². The standard InChI is InChI=1S/C16H19ClN2O2/c1-20-9-8-19-11-14-15(17)5-2-6-16(14)21-12-13-4-3-7-18-10-13/h2-7,10,19H,8-9,11-12H2,1H3. The number of ether oxygens (including phenoxy) is 2. The van der Waals surface area contributed by atoms with Gasteiger partial charge in [0.1, 0.15) is 12.4 Å². The minimum atomic E-state index is 0.471. The molecule has 0 unspecified atom stereocenters. The molecular formula is C16H19ClN2O2. The van der Waals surface area contributed by atoms with Gasteiger partial charge in [0.15, 0.2) is 0 Å². The summed E-state index contributed by atoms with van der Waals surface area (Å²) >= 11 is 6.26. The normalized spacial score (nSPS) is 10.6. The van der Waals surface area contributed by atoms with Gasteiger partial charge in [-0.1, -0.05) is 23.7 Å². The Labute approximate surface area is 130 Å². The predicted octanol–water partition coefficient (Wildman–Crippen LogP) is 3.05. The molecule has 1 heterocycles. The highest BCUT2D eigenvalue weighted by Gasteiger charge is 2.08. The molecule has 0 aliphatic heterocycles. The molecule has 2 rings (SSSR count). The molecule has 0 saturated carbocycles. The van der Waals surface area contributed by atoms with Gasteiger partial charge in [0.05, 0.1) is 6.61 Å². The van der Waals surface area contributed by atoms with Crippen LogP contribution in [0.2, 0.25) is 5.02 Å². The van der Waals surface area contributed by atoms with E-state index in [2.05, 4.69) is 10.3 Å². The molecule has 2 aromatic rings. The van der Waals surface area contributed by atoms with Crippen LogP contribution in [0.25, 0.3) is 0 Å². The molecule has 0 fully saturated rings. The highest BCUT2D eigenvalue weighted by molar-refractivity contribution is 6.31. The first-order chi connectivity index (χ1) is 10.3. The third-order valence-corrected chi connectivity index (χ3v) is 3.33. The molecule has 5 heteroatoms. The van der Waals surface area contributed by atoms with Crippen molar-refractivity contribution in [2.75, 3.05) is 20.3 Å². The van der Waals surface area contributed by atoms with Crippen LogP contribution in [0.3, 0.4) is 0 Å². The summed E-state index contributed by atoms with van der Waals surface area (Å²) in [5.41, 5.74) is 1.98. The van der Waals surface area contributed by atoms with Crippen LogP contribution in [-0.4, -0.2) is 25.2 Å². The summed E-state index contributed by atoms with van der Waals surface area (Å²) in [6.07, 6.45) is 3.54. The Balaban J connectivity index is 1.99. The summed E-state index contributed by atoms with van der Waals surface area (Å²) in [4.78, 5) is 4.07. The lowest BCUT2D eigenvalue weighted by atomic mass is 10.2. The third-order valence-electron chi connectivity index (χ3n) is 2.98. The zero-order valence-corrected chi connectivity index (χ0v) is 12.8. The number of hydrogen-bond acceptors (Lipinski definition) is 4. The molecular weight excluding hydrogens is 288 g/mol. The molecule has 0 aliphatic rings. The summed E-state index contributed by atoms with van der Waals surface area (Å²) < 4.78 is 10.9. The Kier molecular flexibility index (Phi) is 6.47. The molecule has 0 saturated heterocycles. The first-order valence-corrected chi connectivity index (χ1v) is 7.18. The minimum Gasteiger partial charge on any atom is -0.488 e. The summed E-state index contributed by atoms with van der Waals surface area (Å²) in [7, 11) is 1.68. The van der Waals surface area contributed by atoms with Crippen LogP contribution in [0.4, 0.5) is 0 Å². The summed E-state index contributed by atoms with van der Waals surface area (Å²) in [5.74, 6) is 0.788. The van der Waals surface area contributed by atoms with Crippen LogP contribution < -0.4 is 10.1 Å². The van der Waals surface area contributed by atoms with Gasteiger partial charge in [-0.05, 0) is 18.2 Å². The smallest absolute Gasteiger partial charge is 0.125 e. The van der Waals surface area contributed by atoms with Crippen molar-refractivity contribution in [1.29, 1.82) is 0 Å². The van der Waals surface area contributed by atoms with E-state index < -0.39 is 0 Å². The molecule has 0 atom stereocenters. The molecule has 112 valence electrons. The predicted molar refractivity (Wildman–Crippen MR) is 83.6 cm³/mol. The fourth-order valence-corrected chi connectivity index (χ4v) is 2.11. The quantitative estimate of drug-likeness (QED) is 0.761. The number of rotatable bonds is 8. The zero-order valence-electron chi connectivity index (χ0n) is 12.0. The summed E-state index contributed by atoms with van der Waals surface area (Å²) in [5, 5.41) is 3.98. The molecule has 1 aromatic heterocycles. The van der Waals surface area contributed by atoms with Crippen LogP contribution in [0, 0.1) is 0 Å². The van der Waals surface area contributed by atoms with Crippen molar-refractivity contribution in [2.24, 2.45) is 0 Å². The second-order valence-corrected chi connectivity index (χ2v) is 4.94. The second-order valence-electron chi connectivity index (χ2n) is 4.54. The van der Waals surface area contributed by atoms with Gasteiger partial charge < -0.3 is 14.8 Å². The Morgan fingerprint density at radius 3 is 2.90 bits per heavy atom. The van der Waals surface area contributed by atoms with Crippen LogP contribution in [0.1, 0.15) is 11.1 Å². The molecule has 4 nitrogen and oxygen atoms in total. The zero-order chi connectivity index (χ0) is 14.9. The molecule has 0 aliphatic carbocycles. The van der Waals surface area contributed by atoms with Crippen molar-refractivity contribution in [1.82, 2.24) is 10.3 Å². The second kappa shape index (κ2) is 8.62. The van der Waals surface area contributed by atoms with E-state index in [1.807, 2.05) is 30.3 Å². The Morgan fingerprint density at radius 1 is 1.24 bits per heavy atom. The van der Waals surface area contributed by atoms with Crippen molar-refractivity contribution in [2.45, 2.75) is 13.2 Å². The molecule has 0 spiro atoms. The molecule has 21 heavy (non-hydrogen) atoms. The summed E-state index contributed by atoms with van der Waals surface area (Å²) in [6, 6.07) is 9.55. The molecule has 1 aromatic carbocycles. The maximum absolute atomic E-state index is 6.26. The number of pyridine rings is 1. The lowest BCUT2D eigenvalue weighted by Crippen LogP contribution is -2.19. The number of nitrogens with one attached hydrogen (secondary N) is 1. The average Bonchev–Trinajstić information content (AvgIpc) is 2.52. The number of aromatic nitrogens is 1. The summed E-state index contributed by atoms with van der Waals surface area (Å²) in [6.45, 7) is 2.55. The first kappa shape index (κ1) is 15.8. The van der Waals surface area contributed by atoms with Crippen LogP contribution in [-0.2, 0) is 17.9 Å². The van der Waals surface area contributed by atoms with Gasteiger partial charge in [-0.15, -0.1) is 0 Å². The topological polar surface area (TPSA) is 43.4 Å². The van der Waals surface area contributed by atoms with Gasteiger partial charge in [0, 0.05) is 48.7 Å². The number of halogens is 1. The van der Waals surface area contributed by atoms with E-state index >= 15 is 0 Å². The lowest BCUT2D eigenvalue weighted by Gasteiger charge is -2.13. The van der Waals surface area contributed by atoms with Gasteiger partial charge in [0.2, 0.25) is 0 Å². The molecule has 1 N–H and O–H groups in total. The SMILES string of the molecule is COCCNCc1c(Cl)cccc1OCc1cccnc1. The van der Waals surface area contributed by atoms with Gasteiger partial charge in [-0.3, -0.25) is 4.98 Å². The Morgan fingerprint density at radius 2 is 2.14 bits per heavy atom. The largest absolute Gasteiger partial charge is 0.488 e. The van der Waals surface area contributed by atoms with Crippen molar-refractivity contribution >= 4 is 11.6 Å². The van der Waals surface area contributed by atoms with Crippen LogP contribution in [0.5, 0.6) is 5.75 Å². The number of benzene rings is 1. The van der Waals surface area contributed by atoms with E-state index in [-0.39, 0.29) is 0 Å². The van der Waals surface area contributed by atoms with Crippen LogP contribution in [0.15, 0.2) is 42.7 Å². The number of methoxy groups -OCH3 is 1. The molecule has 0 amide bonds. The molecule has 0 bridgehead atoms. The average molecular weight is 307 g/mol. The highest BCUT2D eigenvalue weighted by Crippen LogP contribution is 2.27. The minimum absolute atomic E-state index is 0.471. The van der Waals surface area contributed by atoms with Crippen molar-refractivity contribution in [3.63, 3.8) is 0 Å². The van der Waals surface area contributed by atoms with E-state index in [1.165, 1.54) is 0 Å². The number of nitrogens with zero attached hydrogens (tertiary/aromatic N) is 1. The van der Waals surface area contributed by atoms with E-state index in [4.69, 9.17) is 21.1 Å². The maximum atomic E-state index is 6.26. The monoisotopic (exact) mass is 306 g/mol. The Bertz CT molecular complexity index is 549. The lowest BCUT2D eigenvalue weighted by molar-refractivity contribution is 0.199. The van der Waals surface area contributed by atoms with Crippen LogP contribution >= 0.6 is 11.6 Å². The van der Waals surface area contributed by atoms with E-state index in [9.17, 15) is 0 Å². The van der Waals surface area contributed by atoms with Crippen molar-refractivity contribution < 1.29 is 9.47 Å². The maximum Gasteiger partial charge on any atom is 0.125 e. The highest BCUT2D eigenvalue weighted by atomic mass is 35.5. The van der Waals surface area contributed by atoms with E-state index in [0.717, 1.165) is 23.4 Å². The van der Waals surface area contributed by atoms with E-state index in [0.29, 0.717) is 24.8 Å². The molecule has 0 radical (unpaired) electrons. The van der Waals surface area contributed by atoms with Gasteiger partial charge in [-0.25, -0.2) is 0 Å². The first-order valence-electron chi connectivity index (χ1n) is 6.80. The van der Waals surface area contributed by atoms with Gasteiger partial charge in [0.25, 0.3) is 0 Å². The van der Waals surface area contributed by atoms with Gasteiger partial charge >= 0.3 is 0 Å². The fourth-order valence-electron chi connectivity index (χ4n) is 1.88.